The van der Waals surface area contributed by atoms with Crippen LogP contribution in [0.1, 0.15) is 36.2 Å². The lowest BCUT2D eigenvalue weighted by Crippen LogP contribution is -2.38. The van der Waals surface area contributed by atoms with Crippen molar-refractivity contribution in [3.8, 4) is 0 Å². The summed E-state index contributed by atoms with van der Waals surface area (Å²) in [6, 6.07) is 7.40. The van der Waals surface area contributed by atoms with Gasteiger partial charge in [0.05, 0.1) is 5.39 Å². The van der Waals surface area contributed by atoms with E-state index in [1.807, 2.05) is 24.3 Å². The molecule has 0 bridgehead atoms. The van der Waals surface area contributed by atoms with Crippen molar-refractivity contribution in [2.75, 3.05) is 0 Å². The van der Waals surface area contributed by atoms with Crippen molar-refractivity contribution in [1.82, 2.24) is 5.16 Å². The van der Waals surface area contributed by atoms with Crippen molar-refractivity contribution in [3.63, 3.8) is 0 Å². The highest BCUT2D eigenvalue weighted by Gasteiger charge is 2.31. The van der Waals surface area contributed by atoms with Crippen molar-refractivity contribution in [1.29, 1.82) is 0 Å². The maximum absolute atomic E-state index is 12.5. The van der Waals surface area contributed by atoms with Crippen LogP contribution in [0.5, 0.6) is 0 Å². The van der Waals surface area contributed by atoms with Crippen LogP contribution >= 0.6 is 0 Å². The van der Waals surface area contributed by atoms with E-state index in [0.717, 1.165) is 31.1 Å². The smallest absolute Gasteiger partial charge is 0.189 e. The van der Waals surface area contributed by atoms with Crippen molar-refractivity contribution in [3.05, 3.63) is 30.0 Å². The van der Waals surface area contributed by atoms with Crippen LogP contribution in [-0.4, -0.2) is 17.0 Å². The summed E-state index contributed by atoms with van der Waals surface area (Å²) in [4.78, 5) is 12.5. The third-order valence-corrected chi connectivity index (χ3v) is 3.77. The van der Waals surface area contributed by atoms with Gasteiger partial charge in [-0.1, -0.05) is 30.1 Å². The van der Waals surface area contributed by atoms with Gasteiger partial charge in [-0.2, -0.15) is 0 Å². The molecule has 0 radical (unpaired) electrons. The molecule has 2 atom stereocenters. The monoisotopic (exact) mass is 244 g/mol. The molecule has 1 heterocycles. The summed E-state index contributed by atoms with van der Waals surface area (Å²) < 4.78 is 5.18. The van der Waals surface area contributed by atoms with Crippen molar-refractivity contribution < 1.29 is 9.32 Å². The minimum atomic E-state index is -0.104. The Hall–Kier alpha value is -1.68. The Kier molecular flexibility index (Phi) is 2.88. The number of para-hydroxylation sites is 1. The number of aromatic nitrogens is 1. The predicted octanol–water partition coefficient (Wildman–Crippen LogP) is 2.53. The first-order valence-corrected chi connectivity index (χ1v) is 6.41. The van der Waals surface area contributed by atoms with E-state index in [4.69, 9.17) is 10.3 Å². The number of hydrogen-bond acceptors (Lipinski definition) is 4. The van der Waals surface area contributed by atoms with E-state index in [1.54, 1.807) is 0 Å². The zero-order valence-electron chi connectivity index (χ0n) is 10.1. The molecule has 1 aliphatic rings. The van der Waals surface area contributed by atoms with Gasteiger partial charge in [-0.3, -0.25) is 4.79 Å². The third-order valence-electron chi connectivity index (χ3n) is 3.77. The van der Waals surface area contributed by atoms with Gasteiger partial charge in [0.2, 0.25) is 0 Å². The summed E-state index contributed by atoms with van der Waals surface area (Å²) in [5.74, 6) is -0.0700. The molecule has 1 aliphatic carbocycles. The van der Waals surface area contributed by atoms with Gasteiger partial charge in [-0.15, -0.1) is 0 Å². The Labute approximate surface area is 105 Å². The van der Waals surface area contributed by atoms with E-state index in [9.17, 15) is 4.79 Å². The molecule has 1 saturated carbocycles. The number of ketones is 1. The van der Waals surface area contributed by atoms with Crippen LogP contribution < -0.4 is 5.73 Å². The van der Waals surface area contributed by atoms with Crippen molar-refractivity contribution in [2.45, 2.75) is 31.7 Å². The molecule has 2 aromatic rings. The molecular formula is C14H16N2O2. The number of fused-ring (bicyclic) bond motifs is 1. The zero-order valence-corrected chi connectivity index (χ0v) is 10.1. The molecule has 0 aliphatic heterocycles. The molecule has 1 aromatic carbocycles. The maximum atomic E-state index is 12.5. The summed E-state index contributed by atoms with van der Waals surface area (Å²) in [5.41, 5.74) is 7.15. The molecule has 2 unspecified atom stereocenters. The zero-order chi connectivity index (χ0) is 12.5. The number of Topliss-reactive ketones (excluding diaryl/α,β-unsaturated/α-hetero) is 1. The first-order chi connectivity index (χ1) is 8.77. The molecule has 18 heavy (non-hydrogen) atoms. The van der Waals surface area contributed by atoms with E-state index >= 15 is 0 Å². The summed E-state index contributed by atoms with van der Waals surface area (Å²) in [5, 5.41) is 4.72. The number of nitrogens with zero attached hydrogens (tertiary/aromatic N) is 1. The van der Waals surface area contributed by atoms with Gasteiger partial charge in [0.25, 0.3) is 0 Å². The molecule has 94 valence electrons. The predicted molar refractivity (Wildman–Crippen MR) is 68.3 cm³/mol. The highest BCUT2D eigenvalue weighted by atomic mass is 16.5. The minimum Gasteiger partial charge on any atom is -0.356 e. The van der Waals surface area contributed by atoms with Gasteiger partial charge in [-0.25, -0.2) is 0 Å². The number of nitrogens with two attached hydrogens (primary N) is 1. The van der Waals surface area contributed by atoms with Gasteiger partial charge in [0, 0.05) is 12.0 Å². The van der Waals surface area contributed by atoms with Crippen LogP contribution in [0.3, 0.4) is 0 Å². The van der Waals surface area contributed by atoms with Crippen LogP contribution in [0, 0.1) is 5.92 Å². The average Bonchev–Trinajstić information content (AvgIpc) is 2.82. The second kappa shape index (κ2) is 4.53. The van der Waals surface area contributed by atoms with Gasteiger partial charge in [0.15, 0.2) is 17.1 Å². The molecule has 1 fully saturated rings. The molecule has 4 heteroatoms. The maximum Gasteiger partial charge on any atom is 0.189 e. The number of carbonyl (C=O) groups is 1. The van der Waals surface area contributed by atoms with Gasteiger partial charge < -0.3 is 10.3 Å². The van der Waals surface area contributed by atoms with Crippen LogP contribution in [0.2, 0.25) is 0 Å². The number of carbonyl (C=O) groups excluding carboxylic acids is 1. The van der Waals surface area contributed by atoms with Crippen LogP contribution in [0.4, 0.5) is 0 Å². The van der Waals surface area contributed by atoms with Crippen LogP contribution in [0.15, 0.2) is 28.8 Å². The summed E-state index contributed by atoms with van der Waals surface area (Å²) in [7, 11) is 0. The Bertz CT molecular complexity index is 576. The fourth-order valence-electron chi connectivity index (χ4n) is 2.72. The second-order valence-electron chi connectivity index (χ2n) is 4.95. The first kappa shape index (κ1) is 11.4. The van der Waals surface area contributed by atoms with E-state index < -0.39 is 0 Å². The Morgan fingerprint density at radius 3 is 2.89 bits per heavy atom. The largest absolute Gasteiger partial charge is 0.356 e. The number of benzene rings is 1. The lowest BCUT2D eigenvalue weighted by molar-refractivity contribution is 0.0863. The third kappa shape index (κ3) is 1.82. The Morgan fingerprint density at radius 2 is 2.06 bits per heavy atom. The van der Waals surface area contributed by atoms with Crippen LogP contribution in [-0.2, 0) is 0 Å². The van der Waals surface area contributed by atoms with Crippen molar-refractivity contribution in [2.24, 2.45) is 11.7 Å². The summed E-state index contributed by atoms with van der Waals surface area (Å²) >= 11 is 0. The fourth-order valence-corrected chi connectivity index (χ4v) is 2.72. The number of hydrogen-bond donors (Lipinski definition) is 1. The van der Waals surface area contributed by atoms with E-state index in [-0.39, 0.29) is 17.7 Å². The average molecular weight is 244 g/mol. The van der Waals surface area contributed by atoms with Gasteiger partial charge >= 0.3 is 0 Å². The lowest BCUT2D eigenvalue weighted by Gasteiger charge is -2.26. The van der Waals surface area contributed by atoms with Crippen LogP contribution in [0.25, 0.3) is 11.0 Å². The second-order valence-corrected chi connectivity index (χ2v) is 4.95. The van der Waals surface area contributed by atoms with Crippen molar-refractivity contribution >= 4 is 16.8 Å². The SMILES string of the molecule is NC1CCCCC1C(=O)c1noc2ccccc12. The highest BCUT2D eigenvalue weighted by Crippen LogP contribution is 2.28. The summed E-state index contributed by atoms with van der Waals surface area (Å²) in [6.45, 7) is 0. The quantitative estimate of drug-likeness (QED) is 0.824. The van der Waals surface area contributed by atoms with E-state index in [2.05, 4.69) is 5.16 Å². The van der Waals surface area contributed by atoms with E-state index in [0.29, 0.717) is 11.3 Å². The first-order valence-electron chi connectivity index (χ1n) is 6.41. The Morgan fingerprint density at radius 1 is 1.28 bits per heavy atom. The topological polar surface area (TPSA) is 69.1 Å². The molecular weight excluding hydrogens is 228 g/mol. The highest BCUT2D eigenvalue weighted by molar-refractivity contribution is 6.06. The molecule has 1 aromatic heterocycles. The molecule has 0 spiro atoms. The molecule has 2 N–H and O–H groups in total. The molecule has 0 amide bonds. The standard InChI is InChI=1S/C14H16N2O2/c15-11-7-3-1-5-9(11)14(17)13-10-6-2-4-8-12(10)18-16-13/h2,4,6,8-9,11H,1,3,5,7,15H2. The normalized spacial score (nSPS) is 24.3. The van der Waals surface area contributed by atoms with E-state index in [1.165, 1.54) is 0 Å². The van der Waals surface area contributed by atoms with Gasteiger partial charge in [-0.05, 0) is 25.0 Å². The molecule has 3 rings (SSSR count). The fraction of sp³-hybridized carbons (Fsp3) is 0.429. The molecule has 4 nitrogen and oxygen atoms in total. The Balaban J connectivity index is 1.96. The molecule has 0 saturated heterocycles. The summed E-state index contributed by atoms with van der Waals surface area (Å²) in [6.07, 6.45) is 3.97. The minimum absolute atomic E-state index is 0.0344. The van der Waals surface area contributed by atoms with Gasteiger partial charge in [0.1, 0.15) is 0 Å². The lowest BCUT2D eigenvalue weighted by atomic mass is 9.81. The number of rotatable bonds is 2.